The molecule has 2 aromatic heterocycles. The van der Waals surface area contributed by atoms with E-state index in [0.29, 0.717) is 17.4 Å². The van der Waals surface area contributed by atoms with Crippen molar-refractivity contribution >= 4 is 5.82 Å². The fraction of sp³-hybridized carbons (Fsp3) is 0.611. The minimum atomic E-state index is -0.122. The molecule has 1 aliphatic rings. The maximum atomic E-state index is 9.85. The second-order valence-corrected chi connectivity index (χ2v) is 6.46. The molecule has 0 unspecified atom stereocenters. The standard InChI is InChI=1S/C18H26N4O2/c1-4-22(14-8-6-5-7-9-14)18-16(11-23)20-15(10-19-18)17-12(2)21-24-13(17)3/h10,14,23H,4-9,11H2,1-3H3. The van der Waals surface area contributed by atoms with E-state index in [1.807, 2.05) is 13.8 Å². The molecule has 0 spiro atoms. The van der Waals surface area contributed by atoms with Crippen LogP contribution in [0.2, 0.25) is 0 Å². The summed E-state index contributed by atoms with van der Waals surface area (Å²) in [6.07, 6.45) is 7.99. The van der Waals surface area contributed by atoms with Gasteiger partial charge in [-0.2, -0.15) is 0 Å². The van der Waals surface area contributed by atoms with Crippen LogP contribution in [-0.2, 0) is 6.61 Å². The van der Waals surface area contributed by atoms with Gasteiger partial charge in [0.15, 0.2) is 5.82 Å². The summed E-state index contributed by atoms with van der Waals surface area (Å²) in [7, 11) is 0. The third-order valence-corrected chi connectivity index (χ3v) is 4.89. The maximum absolute atomic E-state index is 9.85. The van der Waals surface area contributed by atoms with Crippen molar-refractivity contribution in [2.45, 2.75) is 65.5 Å². The summed E-state index contributed by atoms with van der Waals surface area (Å²) in [6, 6.07) is 0.494. The number of aromatic nitrogens is 3. The van der Waals surface area contributed by atoms with Gasteiger partial charge in [0.2, 0.25) is 0 Å². The van der Waals surface area contributed by atoms with Gasteiger partial charge in [-0.05, 0) is 33.6 Å². The SMILES string of the molecule is CCN(c1ncc(-c2c(C)noc2C)nc1CO)C1CCCCC1. The number of hydrogen-bond acceptors (Lipinski definition) is 6. The first kappa shape index (κ1) is 16.9. The van der Waals surface area contributed by atoms with E-state index in [1.54, 1.807) is 6.20 Å². The smallest absolute Gasteiger partial charge is 0.153 e. The Hall–Kier alpha value is -1.95. The molecule has 1 fully saturated rings. The van der Waals surface area contributed by atoms with Crippen molar-refractivity contribution in [1.82, 2.24) is 15.1 Å². The largest absolute Gasteiger partial charge is 0.390 e. The van der Waals surface area contributed by atoms with Crippen LogP contribution in [0.15, 0.2) is 10.7 Å². The molecular weight excluding hydrogens is 304 g/mol. The number of nitrogens with zero attached hydrogens (tertiary/aromatic N) is 4. The molecule has 0 amide bonds. The van der Waals surface area contributed by atoms with Crippen LogP contribution < -0.4 is 4.90 Å². The van der Waals surface area contributed by atoms with Crippen LogP contribution in [0, 0.1) is 13.8 Å². The lowest BCUT2D eigenvalue weighted by Gasteiger charge is -2.35. The van der Waals surface area contributed by atoms with Gasteiger partial charge >= 0.3 is 0 Å². The van der Waals surface area contributed by atoms with Crippen molar-refractivity contribution in [3.8, 4) is 11.3 Å². The molecule has 1 saturated carbocycles. The number of aryl methyl sites for hydroxylation is 2. The van der Waals surface area contributed by atoms with Crippen molar-refractivity contribution in [2.75, 3.05) is 11.4 Å². The summed E-state index contributed by atoms with van der Waals surface area (Å²) in [5.74, 6) is 1.53. The van der Waals surface area contributed by atoms with Crippen molar-refractivity contribution in [2.24, 2.45) is 0 Å². The molecule has 24 heavy (non-hydrogen) atoms. The first-order valence-electron chi connectivity index (χ1n) is 8.82. The first-order chi connectivity index (χ1) is 11.7. The highest BCUT2D eigenvalue weighted by Gasteiger charge is 2.24. The molecule has 0 aromatic carbocycles. The van der Waals surface area contributed by atoms with Crippen LogP contribution in [0.1, 0.15) is 56.2 Å². The van der Waals surface area contributed by atoms with Gasteiger partial charge in [0.05, 0.1) is 29.8 Å². The van der Waals surface area contributed by atoms with E-state index in [1.165, 1.54) is 32.1 Å². The third kappa shape index (κ3) is 3.15. The highest BCUT2D eigenvalue weighted by atomic mass is 16.5. The van der Waals surface area contributed by atoms with Gasteiger partial charge in [0.25, 0.3) is 0 Å². The zero-order valence-corrected chi connectivity index (χ0v) is 14.7. The lowest BCUT2D eigenvalue weighted by Crippen LogP contribution is -2.38. The average Bonchev–Trinajstić information content (AvgIpc) is 2.95. The molecular formula is C18H26N4O2. The van der Waals surface area contributed by atoms with E-state index < -0.39 is 0 Å². The quantitative estimate of drug-likeness (QED) is 0.905. The topological polar surface area (TPSA) is 75.3 Å². The van der Waals surface area contributed by atoms with Crippen LogP contribution in [0.3, 0.4) is 0 Å². The number of hydrogen-bond donors (Lipinski definition) is 1. The van der Waals surface area contributed by atoms with Gasteiger partial charge in [-0.15, -0.1) is 0 Å². The normalized spacial score (nSPS) is 15.7. The van der Waals surface area contributed by atoms with E-state index >= 15 is 0 Å². The zero-order valence-electron chi connectivity index (χ0n) is 14.7. The summed E-state index contributed by atoms with van der Waals surface area (Å²) < 4.78 is 5.23. The monoisotopic (exact) mass is 330 g/mol. The molecule has 3 rings (SSSR count). The van der Waals surface area contributed by atoms with Gasteiger partial charge < -0.3 is 14.5 Å². The molecule has 0 saturated heterocycles. The van der Waals surface area contributed by atoms with Gasteiger partial charge in [-0.3, -0.25) is 0 Å². The molecule has 1 N–H and O–H groups in total. The number of aliphatic hydroxyl groups is 1. The average molecular weight is 330 g/mol. The predicted octanol–water partition coefficient (Wildman–Crippen LogP) is 3.40. The summed E-state index contributed by atoms with van der Waals surface area (Å²) in [5.41, 5.74) is 2.99. The van der Waals surface area contributed by atoms with Crippen molar-refractivity contribution in [3.63, 3.8) is 0 Å². The Morgan fingerprint density at radius 2 is 2.00 bits per heavy atom. The Morgan fingerprint density at radius 1 is 1.25 bits per heavy atom. The highest BCUT2D eigenvalue weighted by molar-refractivity contribution is 5.64. The minimum absolute atomic E-state index is 0.122. The van der Waals surface area contributed by atoms with Gasteiger partial charge in [-0.25, -0.2) is 9.97 Å². The van der Waals surface area contributed by atoms with E-state index in [-0.39, 0.29) is 6.61 Å². The molecule has 1 aliphatic carbocycles. The second kappa shape index (κ2) is 7.30. The maximum Gasteiger partial charge on any atom is 0.153 e. The summed E-state index contributed by atoms with van der Waals surface area (Å²) >= 11 is 0. The van der Waals surface area contributed by atoms with E-state index in [9.17, 15) is 5.11 Å². The molecule has 130 valence electrons. The van der Waals surface area contributed by atoms with Crippen LogP contribution in [0.4, 0.5) is 5.82 Å². The van der Waals surface area contributed by atoms with E-state index in [0.717, 1.165) is 29.4 Å². The van der Waals surface area contributed by atoms with Crippen LogP contribution >= 0.6 is 0 Å². The molecule has 0 aliphatic heterocycles. The Morgan fingerprint density at radius 3 is 2.58 bits per heavy atom. The number of rotatable bonds is 5. The summed E-state index contributed by atoms with van der Waals surface area (Å²) in [4.78, 5) is 11.6. The van der Waals surface area contributed by atoms with Gasteiger partial charge in [-0.1, -0.05) is 24.4 Å². The third-order valence-electron chi connectivity index (χ3n) is 4.89. The molecule has 0 radical (unpaired) electrons. The number of anilines is 1. The summed E-state index contributed by atoms with van der Waals surface area (Å²) in [5, 5.41) is 13.8. The Labute approximate surface area is 142 Å². The first-order valence-corrected chi connectivity index (χ1v) is 8.82. The Balaban J connectivity index is 1.97. The molecule has 2 heterocycles. The predicted molar refractivity (Wildman–Crippen MR) is 92.8 cm³/mol. The van der Waals surface area contributed by atoms with Crippen molar-refractivity contribution in [3.05, 3.63) is 23.3 Å². The molecule has 2 aromatic rings. The minimum Gasteiger partial charge on any atom is -0.390 e. The van der Waals surface area contributed by atoms with E-state index in [4.69, 9.17) is 4.52 Å². The zero-order chi connectivity index (χ0) is 17.1. The van der Waals surface area contributed by atoms with Gasteiger partial charge in [0, 0.05) is 12.6 Å². The fourth-order valence-corrected chi connectivity index (χ4v) is 3.71. The molecule has 0 bridgehead atoms. The summed E-state index contributed by atoms with van der Waals surface area (Å²) in [6.45, 7) is 6.64. The van der Waals surface area contributed by atoms with E-state index in [2.05, 4.69) is 26.9 Å². The Bertz CT molecular complexity index is 673. The number of aliphatic hydroxyl groups excluding tert-OH is 1. The second-order valence-electron chi connectivity index (χ2n) is 6.46. The lowest BCUT2D eigenvalue weighted by molar-refractivity contribution is 0.276. The van der Waals surface area contributed by atoms with Crippen LogP contribution in [-0.4, -0.2) is 32.8 Å². The van der Waals surface area contributed by atoms with Crippen LogP contribution in [0.25, 0.3) is 11.3 Å². The van der Waals surface area contributed by atoms with Crippen LogP contribution in [0.5, 0.6) is 0 Å². The molecule has 0 atom stereocenters. The highest BCUT2D eigenvalue weighted by Crippen LogP contribution is 2.30. The Kier molecular flexibility index (Phi) is 5.14. The van der Waals surface area contributed by atoms with Crippen molar-refractivity contribution in [1.29, 1.82) is 0 Å². The molecule has 6 heteroatoms. The fourth-order valence-electron chi connectivity index (χ4n) is 3.71. The van der Waals surface area contributed by atoms with Crippen molar-refractivity contribution < 1.29 is 9.63 Å². The van der Waals surface area contributed by atoms with Gasteiger partial charge in [0.1, 0.15) is 11.5 Å². The lowest BCUT2D eigenvalue weighted by atomic mass is 9.94. The molecule has 6 nitrogen and oxygen atoms in total.